The number of carbonyl (C=O) groups excluding carboxylic acids is 1. The van der Waals surface area contributed by atoms with Crippen LogP contribution in [0.3, 0.4) is 0 Å². The summed E-state index contributed by atoms with van der Waals surface area (Å²) < 4.78 is 0. The summed E-state index contributed by atoms with van der Waals surface area (Å²) in [6.45, 7) is 0.765. The molecule has 2 aromatic carbocycles. The second-order valence-corrected chi connectivity index (χ2v) is 7.01. The summed E-state index contributed by atoms with van der Waals surface area (Å²) in [5, 5.41) is 5.38. The molecule has 1 N–H and O–H groups in total. The second kappa shape index (κ2) is 6.61. The predicted octanol–water partition coefficient (Wildman–Crippen LogP) is 4.52. The number of nitrogens with one attached hydrogen (secondary N) is 1. The lowest BCUT2D eigenvalue weighted by atomic mass is 9.89. The molecule has 1 aliphatic rings. The summed E-state index contributed by atoms with van der Waals surface area (Å²) >= 11 is 3.74. The van der Waals surface area contributed by atoms with Gasteiger partial charge in [0, 0.05) is 16.9 Å². The fourth-order valence-corrected chi connectivity index (χ4v) is 3.82. The maximum Gasteiger partial charge on any atom is 0.251 e. The first-order valence-electron chi connectivity index (χ1n) is 7.65. The maximum atomic E-state index is 12.3. The number of hydrogen-bond donors (Lipinski definition) is 1. The lowest BCUT2D eigenvalue weighted by molar-refractivity contribution is 0.0944. The molecule has 0 radical (unpaired) electrons. The molecule has 1 fully saturated rings. The van der Waals surface area contributed by atoms with E-state index in [-0.39, 0.29) is 5.91 Å². The van der Waals surface area contributed by atoms with Crippen LogP contribution in [0, 0.1) is 5.92 Å². The van der Waals surface area contributed by atoms with Crippen molar-refractivity contribution in [2.75, 3.05) is 6.54 Å². The van der Waals surface area contributed by atoms with Crippen molar-refractivity contribution in [3.63, 3.8) is 0 Å². The Morgan fingerprint density at radius 1 is 1.10 bits per heavy atom. The lowest BCUT2D eigenvalue weighted by Gasteiger charge is -2.27. The third-order valence-corrected chi connectivity index (χ3v) is 5.56. The van der Waals surface area contributed by atoms with Crippen LogP contribution in [0.15, 0.2) is 42.5 Å². The molecule has 1 aliphatic carbocycles. The molecule has 1 saturated carbocycles. The van der Waals surface area contributed by atoms with Crippen molar-refractivity contribution >= 4 is 32.6 Å². The van der Waals surface area contributed by atoms with E-state index < -0.39 is 0 Å². The summed E-state index contributed by atoms with van der Waals surface area (Å²) in [7, 11) is 0. The van der Waals surface area contributed by atoms with Crippen LogP contribution >= 0.6 is 15.9 Å². The minimum absolute atomic E-state index is 0.0334. The normalized spacial score (nSPS) is 22.1. The number of benzene rings is 2. The minimum atomic E-state index is 0.0334. The Morgan fingerprint density at radius 3 is 2.67 bits per heavy atom. The van der Waals surface area contributed by atoms with Crippen LogP contribution in [0.25, 0.3) is 10.8 Å². The summed E-state index contributed by atoms with van der Waals surface area (Å²) in [6, 6.07) is 14.0. The predicted molar refractivity (Wildman–Crippen MR) is 91.0 cm³/mol. The van der Waals surface area contributed by atoms with Crippen molar-refractivity contribution in [2.45, 2.75) is 30.5 Å². The number of fused-ring (bicyclic) bond motifs is 1. The molecule has 3 rings (SSSR count). The first kappa shape index (κ1) is 14.6. The number of amides is 1. The molecular weight excluding hydrogens is 326 g/mol. The van der Waals surface area contributed by atoms with Gasteiger partial charge in [0.2, 0.25) is 0 Å². The standard InChI is InChI=1S/C18H20BrNO/c19-17-8-4-3-7-16(17)12-20-18(21)15-10-9-13-5-1-2-6-14(13)11-15/h1-2,5-6,9-11,16-17H,3-4,7-8,12H2,(H,20,21). The van der Waals surface area contributed by atoms with Crippen molar-refractivity contribution in [3.8, 4) is 0 Å². The average molecular weight is 346 g/mol. The molecule has 0 aliphatic heterocycles. The topological polar surface area (TPSA) is 29.1 Å². The second-order valence-electron chi connectivity index (χ2n) is 5.83. The first-order valence-corrected chi connectivity index (χ1v) is 8.57. The fraction of sp³-hybridized carbons (Fsp3) is 0.389. The number of rotatable bonds is 3. The van der Waals surface area contributed by atoms with Crippen molar-refractivity contribution < 1.29 is 4.79 Å². The Kier molecular flexibility index (Phi) is 4.59. The van der Waals surface area contributed by atoms with Crippen molar-refractivity contribution in [1.82, 2.24) is 5.32 Å². The molecular formula is C18H20BrNO. The lowest BCUT2D eigenvalue weighted by Crippen LogP contribution is -2.34. The van der Waals surface area contributed by atoms with Crippen molar-refractivity contribution in [3.05, 3.63) is 48.0 Å². The first-order chi connectivity index (χ1) is 10.2. The van der Waals surface area contributed by atoms with Gasteiger partial charge in [0.1, 0.15) is 0 Å². The zero-order valence-electron chi connectivity index (χ0n) is 12.0. The Labute approximate surface area is 134 Å². The zero-order chi connectivity index (χ0) is 14.7. The molecule has 0 aromatic heterocycles. The highest BCUT2D eigenvalue weighted by atomic mass is 79.9. The Hall–Kier alpha value is -1.35. The van der Waals surface area contributed by atoms with E-state index in [4.69, 9.17) is 0 Å². The molecule has 1 amide bonds. The smallest absolute Gasteiger partial charge is 0.251 e. The molecule has 0 spiro atoms. The molecule has 2 nitrogen and oxygen atoms in total. The van der Waals surface area contributed by atoms with E-state index in [1.54, 1.807) is 0 Å². The number of alkyl halides is 1. The largest absolute Gasteiger partial charge is 0.352 e. The molecule has 0 heterocycles. The van der Waals surface area contributed by atoms with Gasteiger partial charge in [-0.05, 0) is 41.7 Å². The molecule has 0 bridgehead atoms. The number of carbonyl (C=O) groups is 1. The van der Waals surface area contributed by atoms with Gasteiger partial charge in [-0.3, -0.25) is 4.79 Å². The van der Waals surface area contributed by atoms with Gasteiger partial charge in [-0.15, -0.1) is 0 Å². The Bertz CT molecular complexity index is 640. The SMILES string of the molecule is O=C(NCC1CCCCC1Br)c1ccc2ccccc2c1. The third kappa shape index (κ3) is 3.46. The minimum Gasteiger partial charge on any atom is -0.352 e. The molecule has 21 heavy (non-hydrogen) atoms. The summed E-state index contributed by atoms with van der Waals surface area (Å²) in [5.74, 6) is 0.592. The van der Waals surface area contributed by atoms with Gasteiger partial charge in [0.15, 0.2) is 0 Å². The van der Waals surface area contributed by atoms with Gasteiger partial charge in [-0.25, -0.2) is 0 Å². The fourth-order valence-electron chi connectivity index (χ4n) is 3.05. The van der Waals surface area contributed by atoms with Crippen LogP contribution in [0.4, 0.5) is 0 Å². The van der Waals surface area contributed by atoms with Gasteiger partial charge >= 0.3 is 0 Å². The zero-order valence-corrected chi connectivity index (χ0v) is 13.6. The van der Waals surface area contributed by atoms with Gasteiger partial charge < -0.3 is 5.32 Å². The number of hydrogen-bond acceptors (Lipinski definition) is 1. The third-order valence-electron chi connectivity index (χ3n) is 4.35. The van der Waals surface area contributed by atoms with Gasteiger partial charge in [0.25, 0.3) is 5.91 Å². The average Bonchev–Trinajstić information content (AvgIpc) is 2.53. The molecule has 110 valence electrons. The van der Waals surface area contributed by atoms with Gasteiger partial charge in [-0.2, -0.15) is 0 Å². The van der Waals surface area contributed by atoms with Gasteiger partial charge in [0.05, 0.1) is 0 Å². The van der Waals surface area contributed by atoms with E-state index >= 15 is 0 Å². The Balaban J connectivity index is 1.66. The highest BCUT2D eigenvalue weighted by molar-refractivity contribution is 9.09. The summed E-state index contributed by atoms with van der Waals surface area (Å²) in [6.07, 6.45) is 4.99. The highest BCUT2D eigenvalue weighted by Gasteiger charge is 2.23. The van der Waals surface area contributed by atoms with E-state index in [0.29, 0.717) is 10.7 Å². The monoisotopic (exact) mass is 345 g/mol. The van der Waals surface area contributed by atoms with Crippen LogP contribution < -0.4 is 5.32 Å². The molecule has 3 heteroatoms. The van der Waals surface area contributed by atoms with Crippen LogP contribution in [0.5, 0.6) is 0 Å². The molecule has 2 aromatic rings. The molecule has 0 saturated heterocycles. The summed E-state index contributed by atoms with van der Waals surface area (Å²) in [5.41, 5.74) is 0.746. The number of halogens is 1. The van der Waals surface area contributed by atoms with Crippen LogP contribution in [-0.2, 0) is 0 Å². The summed E-state index contributed by atoms with van der Waals surface area (Å²) in [4.78, 5) is 12.9. The highest BCUT2D eigenvalue weighted by Crippen LogP contribution is 2.29. The van der Waals surface area contributed by atoms with Crippen LogP contribution in [0.2, 0.25) is 0 Å². The van der Waals surface area contributed by atoms with E-state index in [9.17, 15) is 4.79 Å². The van der Waals surface area contributed by atoms with Crippen LogP contribution in [-0.4, -0.2) is 17.3 Å². The quantitative estimate of drug-likeness (QED) is 0.814. The van der Waals surface area contributed by atoms with E-state index in [0.717, 1.165) is 17.5 Å². The molecule has 2 atom stereocenters. The van der Waals surface area contributed by atoms with E-state index in [1.807, 2.05) is 36.4 Å². The van der Waals surface area contributed by atoms with E-state index in [2.05, 4.69) is 27.3 Å². The van der Waals surface area contributed by atoms with E-state index in [1.165, 1.54) is 31.1 Å². The van der Waals surface area contributed by atoms with Crippen molar-refractivity contribution in [1.29, 1.82) is 0 Å². The van der Waals surface area contributed by atoms with Crippen molar-refractivity contribution in [2.24, 2.45) is 5.92 Å². The van der Waals surface area contributed by atoms with Crippen LogP contribution in [0.1, 0.15) is 36.0 Å². The maximum absolute atomic E-state index is 12.3. The van der Waals surface area contributed by atoms with Gasteiger partial charge in [-0.1, -0.05) is 59.1 Å². The Morgan fingerprint density at radius 2 is 1.86 bits per heavy atom. The molecule has 2 unspecified atom stereocenters.